The smallest absolute Gasteiger partial charge is 0.242 e. The summed E-state index contributed by atoms with van der Waals surface area (Å²) in [4.78, 5) is 22.0. The van der Waals surface area contributed by atoms with Crippen LogP contribution in [0.3, 0.4) is 0 Å². The number of rotatable bonds is 3. The highest BCUT2D eigenvalue weighted by Crippen LogP contribution is 2.26. The van der Waals surface area contributed by atoms with Crippen molar-refractivity contribution in [2.45, 2.75) is 18.9 Å². The van der Waals surface area contributed by atoms with Crippen LogP contribution in [-0.2, 0) is 4.79 Å². The van der Waals surface area contributed by atoms with Crippen molar-refractivity contribution in [1.29, 1.82) is 0 Å². The van der Waals surface area contributed by atoms with Crippen molar-refractivity contribution in [3.05, 3.63) is 6.07 Å². The van der Waals surface area contributed by atoms with E-state index in [9.17, 15) is 4.79 Å². The average Bonchev–Trinajstić information content (AvgIpc) is 2.86. The zero-order chi connectivity index (χ0) is 13.1. The minimum atomic E-state index is -0.172. The van der Waals surface area contributed by atoms with E-state index in [1.807, 2.05) is 4.90 Å². The van der Waals surface area contributed by atoms with Gasteiger partial charge in [-0.25, -0.2) is 0 Å². The van der Waals surface area contributed by atoms with Crippen LogP contribution in [-0.4, -0.2) is 42.6 Å². The molecular formula is C11H18N6O. The Bertz CT molecular complexity index is 449. The van der Waals surface area contributed by atoms with Gasteiger partial charge in [-0.1, -0.05) is 0 Å². The standard InChI is InChI=1S/C11H18N6O/c1-13-8-6-9(16-11(12)15-8)17-5-3-4-7(17)10(18)14-2/h6-7H,3-5H2,1-2H3,(H,14,18)(H3,12,13,15,16). The molecule has 4 N–H and O–H groups in total. The third-order valence-electron chi connectivity index (χ3n) is 3.08. The summed E-state index contributed by atoms with van der Waals surface area (Å²) in [5, 5.41) is 5.61. The molecule has 1 atom stereocenters. The molecule has 7 heteroatoms. The van der Waals surface area contributed by atoms with E-state index in [-0.39, 0.29) is 17.9 Å². The van der Waals surface area contributed by atoms with E-state index in [0.717, 1.165) is 19.4 Å². The van der Waals surface area contributed by atoms with Crippen molar-refractivity contribution in [1.82, 2.24) is 15.3 Å². The van der Waals surface area contributed by atoms with Crippen molar-refractivity contribution in [2.75, 3.05) is 36.6 Å². The Morgan fingerprint density at radius 1 is 1.50 bits per heavy atom. The fourth-order valence-electron chi connectivity index (χ4n) is 2.21. The predicted octanol–water partition coefficient (Wildman–Crippen LogP) is -0.185. The Kier molecular flexibility index (Phi) is 3.50. The van der Waals surface area contributed by atoms with Crippen molar-refractivity contribution < 1.29 is 4.79 Å². The van der Waals surface area contributed by atoms with Gasteiger partial charge in [0.25, 0.3) is 0 Å². The molecule has 0 aliphatic carbocycles. The second-order valence-electron chi connectivity index (χ2n) is 4.19. The second-order valence-corrected chi connectivity index (χ2v) is 4.19. The first-order valence-corrected chi connectivity index (χ1v) is 5.96. The van der Waals surface area contributed by atoms with E-state index >= 15 is 0 Å². The Morgan fingerprint density at radius 2 is 2.28 bits per heavy atom. The van der Waals surface area contributed by atoms with Gasteiger partial charge in [-0.2, -0.15) is 9.97 Å². The summed E-state index contributed by atoms with van der Waals surface area (Å²) in [6.07, 6.45) is 1.80. The summed E-state index contributed by atoms with van der Waals surface area (Å²) in [6, 6.07) is 1.63. The SMILES string of the molecule is CNC(=O)C1CCCN1c1cc(NC)nc(N)n1. The van der Waals surface area contributed by atoms with Crippen molar-refractivity contribution in [3.63, 3.8) is 0 Å². The minimum absolute atomic E-state index is 0.00990. The van der Waals surface area contributed by atoms with Crippen LogP contribution in [0.2, 0.25) is 0 Å². The maximum atomic E-state index is 11.8. The molecule has 2 heterocycles. The molecule has 2 rings (SSSR count). The number of aromatic nitrogens is 2. The molecule has 0 radical (unpaired) electrons. The molecule has 1 fully saturated rings. The molecule has 1 saturated heterocycles. The van der Waals surface area contributed by atoms with E-state index in [1.54, 1.807) is 20.2 Å². The maximum Gasteiger partial charge on any atom is 0.242 e. The molecule has 1 amide bonds. The van der Waals surface area contributed by atoms with Gasteiger partial charge in [-0.15, -0.1) is 0 Å². The molecule has 98 valence electrons. The Balaban J connectivity index is 2.29. The van der Waals surface area contributed by atoms with Crippen LogP contribution in [0.4, 0.5) is 17.6 Å². The van der Waals surface area contributed by atoms with E-state index in [4.69, 9.17) is 5.73 Å². The third-order valence-corrected chi connectivity index (χ3v) is 3.08. The summed E-state index contributed by atoms with van der Waals surface area (Å²) in [5.74, 6) is 1.56. The zero-order valence-electron chi connectivity index (χ0n) is 10.6. The summed E-state index contributed by atoms with van der Waals surface area (Å²) in [7, 11) is 3.41. The first kappa shape index (κ1) is 12.4. The molecule has 1 aliphatic rings. The van der Waals surface area contributed by atoms with Crippen LogP contribution in [0.25, 0.3) is 0 Å². The fraction of sp³-hybridized carbons (Fsp3) is 0.545. The lowest BCUT2D eigenvalue weighted by Gasteiger charge is -2.24. The highest BCUT2D eigenvalue weighted by Gasteiger charge is 2.31. The molecule has 1 aromatic heterocycles. The van der Waals surface area contributed by atoms with Crippen LogP contribution in [0.15, 0.2) is 6.07 Å². The first-order valence-electron chi connectivity index (χ1n) is 5.96. The normalized spacial score (nSPS) is 18.8. The summed E-state index contributed by atoms with van der Waals surface area (Å²) >= 11 is 0. The monoisotopic (exact) mass is 250 g/mol. The van der Waals surface area contributed by atoms with Gasteiger partial charge in [-0.05, 0) is 12.8 Å². The highest BCUT2D eigenvalue weighted by atomic mass is 16.2. The first-order chi connectivity index (χ1) is 8.65. The molecule has 7 nitrogen and oxygen atoms in total. The van der Waals surface area contributed by atoms with Gasteiger partial charge in [0.2, 0.25) is 11.9 Å². The average molecular weight is 250 g/mol. The molecule has 18 heavy (non-hydrogen) atoms. The number of nitrogen functional groups attached to an aromatic ring is 1. The van der Waals surface area contributed by atoms with Gasteiger partial charge in [0, 0.05) is 26.7 Å². The van der Waals surface area contributed by atoms with E-state index in [0.29, 0.717) is 11.6 Å². The number of hydrogen-bond acceptors (Lipinski definition) is 6. The number of carbonyl (C=O) groups excluding carboxylic acids is 1. The lowest BCUT2D eigenvalue weighted by Crippen LogP contribution is -2.42. The van der Waals surface area contributed by atoms with Gasteiger partial charge in [0.1, 0.15) is 17.7 Å². The predicted molar refractivity (Wildman–Crippen MR) is 70.4 cm³/mol. The Morgan fingerprint density at radius 3 is 2.94 bits per heavy atom. The van der Waals surface area contributed by atoms with Gasteiger partial charge < -0.3 is 21.3 Å². The van der Waals surface area contributed by atoms with Crippen molar-refractivity contribution in [2.24, 2.45) is 0 Å². The van der Waals surface area contributed by atoms with Crippen molar-refractivity contribution in [3.8, 4) is 0 Å². The quantitative estimate of drug-likeness (QED) is 0.688. The lowest BCUT2D eigenvalue weighted by atomic mass is 10.2. The summed E-state index contributed by atoms with van der Waals surface area (Å²) in [5.41, 5.74) is 5.67. The molecule has 0 aromatic carbocycles. The van der Waals surface area contributed by atoms with Crippen molar-refractivity contribution >= 4 is 23.5 Å². The number of amides is 1. The molecule has 0 spiro atoms. The van der Waals surface area contributed by atoms with Gasteiger partial charge in [0.05, 0.1) is 0 Å². The highest BCUT2D eigenvalue weighted by molar-refractivity contribution is 5.85. The molecule has 1 aromatic rings. The second kappa shape index (κ2) is 5.07. The summed E-state index contributed by atoms with van der Waals surface area (Å²) < 4.78 is 0. The minimum Gasteiger partial charge on any atom is -0.373 e. The van der Waals surface area contributed by atoms with Crippen LogP contribution >= 0.6 is 0 Å². The van der Waals surface area contributed by atoms with E-state index in [2.05, 4.69) is 20.6 Å². The molecule has 1 aliphatic heterocycles. The number of hydrogen-bond donors (Lipinski definition) is 3. The fourth-order valence-corrected chi connectivity index (χ4v) is 2.21. The van der Waals surface area contributed by atoms with Crippen LogP contribution in [0, 0.1) is 0 Å². The number of carbonyl (C=O) groups is 1. The van der Waals surface area contributed by atoms with Gasteiger partial charge in [0.15, 0.2) is 0 Å². The lowest BCUT2D eigenvalue weighted by molar-refractivity contribution is -0.121. The zero-order valence-corrected chi connectivity index (χ0v) is 10.6. The molecular weight excluding hydrogens is 232 g/mol. The van der Waals surface area contributed by atoms with E-state index < -0.39 is 0 Å². The number of nitrogens with one attached hydrogen (secondary N) is 2. The number of nitrogens with two attached hydrogens (primary N) is 1. The maximum absolute atomic E-state index is 11.8. The Labute approximate surface area is 106 Å². The Hall–Kier alpha value is -2.05. The van der Waals surface area contributed by atoms with Crippen LogP contribution in [0.1, 0.15) is 12.8 Å². The molecule has 0 bridgehead atoms. The topological polar surface area (TPSA) is 96.2 Å². The van der Waals surface area contributed by atoms with Gasteiger partial charge >= 0.3 is 0 Å². The van der Waals surface area contributed by atoms with E-state index in [1.165, 1.54) is 0 Å². The number of likely N-dealkylation sites (N-methyl/N-ethyl adjacent to an activating group) is 1. The largest absolute Gasteiger partial charge is 0.373 e. The van der Waals surface area contributed by atoms with Gasteiger partial charge in [-0.3, -0.25) is 4.79 Å². The summed E-state index contributed by atoms with van der Waals surface area (Å²) in [6.45, 7) is 0.803. The van der Waals surface area contributed by atoms with Crippen LogP contribution < -0.4 is 21.3 Å². The third kappa shape index (κ3) is 2.29. The molecule has 1 unspecified atom stereocenters. The number of anilines is 3. The van der Waals surface area contributed by atoms with Crippen LogP contribution in [0.5, 0.6) is 0 Å². The molecule has 0 saturated carbocycles. The number of nitrogens with zero attached hydrogens (tertiary/aromatic N) is 3.